The molecule has 2 aromatic carbocycles. The van der Waals surface area contributed by atoms with Crippen molar-refractivity contribution in [1.29, 1.82) is 0 Å². The minimum absolute atomic E-state index is 0.0705. The van der Waals surface area contributed by atoms with Crippen molar-refractivity contribution < 1.29 is 9.53 Å². The Morgan fingerprint density at radius 2 is 1.92 bits per heavy atom. The van der Waals surface area contributed by atoms with E-state index in [1.165, 1.54) is 11.1 Å². The number of rotatable bonds is 5. The van der Waals surface area contributed by atoms with Crippen LogP contribution in [0.2, 0.25) is 0 Å². The van der Waals surface area contributed by atoms with E-state index in [1.807, 2.05) is 36.4 Å². The maximum absolute atomic E-state index is 12.6. The zero-order chi connectivity index (χ0) is 16.9. The second kappa shape index (κ2) is 7.49. The molecule has 0 bridgehead atoms. The first-order valence-electron chi connectivity index (χ1n) is 8.47. The summed E-state index contributed by atoms with van der Waals surface area (Å²) in [6, 6.07) is 13.7. The number of amides is 1. The molecule has 1 fully saturated rings. The molecular formula is C20H24N2O2. The zero-order valence-electron chi connectivity index (χ0n) is 14.3. The number of anilines is 2. The molecule has 0 radical (unpaired) electrons. The molecular weight excluding hydrogens is 300 g/mol. The molecule has 3 rings (SSSR count). The van der Waals surface area contributed by atoms with Crippen LogP contribution in [-0.2, 0) is 4.74 Å². The van der Waals surface area contributed by atoms with Crippen LogP contribution in [0.25, 0.3) is 0 Å². The van der Waals surface area contributed by atoms with E-state index in [0.717, 1.165) is 30.8 Å². The molecule has 1 saturated heterocycles. The summed E-state index contributed by atoms with van der Waals surface area (Å²) in [5.41, 5.74) is 4.90. The Morgan fingerprint density at radius 1 is 1.12 bits per heavy atom. The van der Waals surface area contributed by atoms with E-state index in [0.29, 0.717) is 12.1 Å². The molecule has 1 atom stereocenters. The van der Waals surface area contributed by atoms with Crippen LogP contribution in [0, 0.1) is 13.8 Å². The zero-order valence-corrected chi connectivity index (χ0v) is 14.3. The van der Waals surface area contributed by atoms with Crippen LogP contribution in [0.5, 0.6) is 0 Å². The molecule has 2 aromatic rings. The smallest absolute Gasteiger partial charge is 0.253 e. The number of ether oxygens (including phenoxy) is 1. The summed E-state index contributed by atoms with van der Waals surface area (Å²) in [6.45, 7) is 5.53. The van der Waals surface area contributed by atoms with Crippen molar-refractivity contribution in [2.75, 3.05) is 18.5 Å². The Balaban J connectivity index is 1.74. The monoisotopic (exact) mass is 324 g/mol. The fourth-order valence-electron chi connectivity index (χ4n) is 2.93. The fourth-order valence-corrected chi connectivity index (χ4v) is 2.93. The van der Waals surface area contributed by atoms with E-state index in [9.17, 15) is 4.79 Å². The number of aryl methyl sites for hydroxylation is 1. The van der Waals surface area contributed by atoms with Gasteiger partial charge in [0.15, 0.2) is 0 Å². The van der Waals surface area contributed by atoms with Crippen LogP contribution in [0.3, 0.4) is 0 Å². The van der Waals surface area contributed by atoms with Gasteiger partial charge in [-0.15, -0.1) is 0 Å². The summed E-state index contributed by atoms with van der Waals surface area (Å²) in [5.74, 6) is -0.0705. The predicted octanol–water partition coefficient (Wildman–Crippen LogP) is 3.96. The van der Waals surface area contributed by atoms with Crippen molar-refractivity contribution in [1.82, 2.24) is 5.32 Å². The summed E-state index contributed by atoms with van der Waals surface area (Å²) < 4.78 is 5.56. The molecule has 2 N–H and O–H groups in total. The molecule has 0 spiro atoms. The molecule has 0 aromatic heterocycles. The fraction of sp³-hybridized carbons (Fsp3) is 0.350. The lowest BCUT2D eigenvalue weighted by atomic mass is 10.1. The molecule has 0 unspecified atom stereocenters. The minimum atomic E-state index is -0.0705. The van der Waals surface area contributed by atoms with Gasteiger partial charge in [0.25, 0.3) is 5.91 Å². The van der Waals surface area contributed by atoms with Crippen molar-refractivity contribution in [2.24, 2.45) is 0 Å². The van der Waals surface area contributed by atoms with Crippen molar-refractivity contribution in [2.45, 2.75) is 32.8 Å². The Labute approximate surface area is 143 Å². The summed E-state index contributed by atoms with van der Waals surface area (Å²) in [7, 11) is 0. The third-order valence-electron chi connectivity index (χ3n) is 4.56. The Bertz CT molecular complexity index is 721. The van der Waals surface area contributed by atoms with Crippen LogP contribution in [0.4, 0.5) is 11.4 Å². The summed E-state index contributed by atoms with van der Waals surface area (Å²) in [4.78, 5) is 12.6. The van der Waals surface area contributed by atoms with E-state index in [4.69, 9.17) is 4.74 Å². The summed E-state index contributed by atoms with van der Waals surface area (Å²) in [5, 5.41) is 6.39. The molecule has 4 nitrogen and oxygen atoms in total. The molecule has 1 amide bonds. The van der Waals surface area contributed by atoms with Crippen LogP contribution in [0.15, 0.2) is 42.5 Å². The van der Waals surface area contributed by atoms with Crippen LogP contribution in [-0.4, -0.2) is 25.2 Å². The van der Waals surface area contributed by atoms with E-state index in [2.05, 4.69) is 30.5 Å². The van der Waals surface area contributed by atoms with Gasteiger partial charge in [-0.05, 0) is 56.0 Å². The van der Waals surface area contributed by atoms with Gasteiger partial charge in [-0.2, -0.15) is 0 Å². The van der Waals surface area contributed by atoms with E-state index < -0.39 is 0 Å². The molecule has 126 valence electrons. The molecule has 4 heteroatoms. The first-order chi connectivity index (χ1) is 11.6. The second-order valence-corrected chi connectivity index (χ2v) is 6.26. The highest BCUT2D eigenvalue weighted by atomic mass is 16.5. The highest BCUT2D eigenvalue weighted by Crippen LogP contribution is 2.25. The SMILES string of the molecule is Cc1cccc(Nc2ccccc2C(=O)NC[C@@H]2CCCO2)c1C. The maximum atomic E-state index is 12.6. The van der Waals surface area contributed by atoms with Gasteiger partial charge in [0.2, 0.25) is 0 Å². The lowest BCUT2D eigenvalue weighted by Crippen LogP contribution is -2.32. The van der Waals surface area contributed by atoms with Gasteiger partial charge in [0.05, 0.1) is 17.4 Å². The van der Waals surface area contributed by atoms with Gasteiger partial charge in [-0.1, -0.05) is 24.3 Å². The average molecular weight is 324 g/mol. The van der Waals surface area contributed by atoms with Gasteiger partial charge >= 0.3 is 0 Å². The lowest BCUT2D eigenvalue weighted by Gasteiger charge is -2.16. The van der Waals surface area contributed by atoms with Crippen LogP contribution >= 0.6 is 0 Å². The molecule has 0 saturated carbocycles. The first-order valence-corrected chi connectivity index (χ1v) is 8.47. The average Bonchev–Trinajstić information content (AvgIpc) is 3.11. The topological polar surface area (TPSA) is 50.4 Å². The van der Waals surface area contributed by atoms with E-state index in [1.54, 1.807) is 0 Å². The van der Waals surface area contributed by atoms with Crippen molar-refractivity contribution in [3.05, 3.63) is 59.2 Å². The quantitative estimate of drug-likeness (QED) is 0.875. The third kappa shape index (κ3) is 3.77. The van der Waals surface area contributed by atoms with Crippen LogP contribution in [0.1, 0.15) is 34.3 Å². The molecule has 1 aliphatic heterocycles. The predicted molar refractivity (Wildman–Crippen MR) is 96.9 cm³/mol. The lowest BCUT2D eigenvalue weighted by molar-refractivity contribution is 0.0858. The van der Waals surface area contributed by atoms with Gasteiger partial charge < -0.3 is 15.4 Å². The number of benzene rings is 2. The second-order valence-electron chi connectivity index (χ2n) is 6.26. The normalized spacial score (nSPS) is 16.8. The van der Waals surface area contributed by atoms with Crippen molar-refractivity contribution in [3.63, 3.8) is 0 Å². The van der Waals surface area contributed by atoms with Gasteiger partial charge in [0, 0.05) is 18.8 Å². The Hall–Kier alpha value is -2.33. The van der Waals surface area contributed by atoms with Crippen LogP contribution < -0.4 is 10.6 Å². The Kier molecular flexibility index (Phi) is 5.16. The minimum Gasteiger partial charge on any atom is -0.376 e. The number of carbonyl (C=O) groups is 1. The summed E-state index contributed by atoms with van der Waals surface area (Å²) >= 11 is 0. The number of para-hydroxylation sites is 1. The van der Waals surface area contributed by atoms with Gasteiger partial charge in [-0.3, -0.25) is 4.79 Å². The molecule has 1 heterocycles. The van der Waals surface area contributed by atoms with Gasteiger partial charge in [0.1, 0.15) is 0 Å². The molecule has 24 heavy (non-hydrogen) atoms. The van der Waals surface area contributed by atoms with E-state index >= 15 is 0 Å². The Morgan fingerprint density at radius 3 is 2.71 bits per heavy atom. The van der Waals surface area contributed by atoms with Gasteiger partial charge in [-0.25, -0.2) is 0 Å². The molecule has 1 aliphatic rings. The summed E-state index contributed by atoms with van der Waals surface area (Å²) in [6.07, 6.45) is 2.24. The third-order valence-corrected chi connectivity index (χ3v) is 4.56. The van der Waals surface area contributed by atoms with E-state index in [-0.39, 0.29) is 12.0 Å². The first kappa shape index (κ1) is 16.5. The van der Waals surface area contributed by atoms with Crippen molar-refractivity contribution in [3.8, 4) is 0 Å². The molecule has 0 aliphatic carbocycles. The highest BCUT2D eigenvalue weighted by Gasteiger charge is 2.18. The van der Waals surface area contributed by atoms with Crippen molar-refractivity contribution >= 4 is 17.3 Å². The largest absolute Gasteiger partial charge is 0.376 e. The maximum Gasteiger partial charge on any atom is 0.253 e. The number of carbonyl (C=O) groups excluding carboxylic acids is 1. The highest BCUT2D eigenvalue weighted by molar-refractivity contribution is 6.00. The number of hydrogen-bond acceptors (Lipinski definition) is 3. The standard InChI is InChI=1S/C20H24N2O2/c1-14-7-5-11-18(15(14)2)22-19-10-4-3-9-17(19)20(23)21-13-16-8-6-12-24-16/h3-5,7,9-11,16,22H,6,8,12-13H2,1-2H3,(H,21,23)/t16-/m0/s1. The number of nitrogens with one attached hydrogen (secondary N) is 2. The number of hydrogen-bond donors (Lipinski definition) is 2.